The summed E-state index contributed by atoms with van der Waals surface area (Å²) in [5.74, 6) is -0.0155. The van der Waals surface area contributed by atoms with Crippen molar-refractivity contribution in [3.05, 3.63) is 65.7 Å². The van der Waals surface area contributed by atoms with E-state index in [-0.39, 0.29) is 18.7 Å². The van der Waals surface area contributed by atoms with Gasteiger partial charge in [-0.2, -0.15) is 0 Å². The van der Waals surface area contributed by atoms with Crippen molar-refractivity contribution in [2.75, 3.05) is 6.61 Å². The Bertz CT molecular complexity index is 881. The van der Waals surface area contributed by atoms with Crippen molar-refractivity contribution in [1.29, 1.82) is 0 Å². The molecule has 1 amide bonds. The Morgan fingerprint density at radius 1 is 0.969 bits per heavy atom. The highest BCUT2D eigenvalue weighted by Gasteiger charge is 2.32. The van der Waals surface area contributed by atoms with Gasteiger partial charge in [-0.05, 0) is 75.6 Å². The normalized spacial score (nSPS) is 18.6. The summed E-state index contributed by atoms with van der Waals surface area (Å²) < 4.78 is 10.9. The lowest BCUT2D eigenvalue weighted by molar-refractivity contribution is -0.139. The van der Waals surface area contributed by atoms with Crippen molar-refractivity contribution >= 4 is 12.1 Å². The molecule has 0 unspecified atom stereocenters. The molecule has 2 aromatic rings. The van der Waals surface area contributed by atoms with Crippen LogP contribution in [0.4, 0.5) is 4.79 Å². The van der Waals surface area contributed by atoms with Gasteiger partial charge in [0, 0.05) is 12.6 Å². The minimum atomic E-state index is -0.988. The number of carbonyl (C=O) groups excluding carboxylic acids is 1. The van der Waals surface area contributed by atoms with E-state index >= 15 is 0 Å². The van der Waals surface area contributed by atoms with Crippen LogP contribution in [0.2, 0.25) is 0 Å². The molecule has 32 heavy (non-hydrogen) atoms. The minimum Gasteiger partial charge on any atom is -0.482 e. The molecule has 172 valence electrons. The zero-order valence-corrected chi connectivity index (χ0v) is 19.1. The molecule has 0 bridgehead atoms. The molecule has 3 rings (SSSR count). The lowest BCUT2D eigenvalue weighted by atomic mass is 9.81. The number of amides is 1. The first-order valence-electron chi connectivity index (χ1n) is 11.2. The molecular weight excluding hydrogens is 406 g/mol. The average Bonchev–Trinajstić information content (AvgIpc) is 2.76. The largest absolute Gasteiger partial charge is 0.482 e. The van der Waals surface area contributed by atoms with E-state index in [0.29, 0.717) is 18.2 Å². The molecule has 0 saturated heterocycles. The highest BCUT2D eigenvalue weighted by Crippen LogP contribution is 2.36. The number of nitrogens with zero attached hydrogens (tertiary/aromatic N) is 1. The van der Waals surface area contributed by atoms with Gasteiger partial charge in [0.2, 0.25) is 0 Å². The third kappa shape index (κ3) is 7.01. The average molecular weight is 440 g/mol. The van der Waals surface area contributed by atoms with Gasteiger partial charge in [-0.1, -0.05) is 42.5 Å². The maximum absolute atomic E-state index is 13.0. The third-order valence-corrected chi connectivity index (χ3v) is 5.68. The first-order chi connectivity index (χ1) is 15.2. The summed E-state index contributed by atoms with van der Waals surface area (Å²) in [5.41, 5.74) is 1.78. The van der Waals surface area contributed by atoms with Gasteiger partial charge in [0.15, 0.2) is 6.61 Å². The third-order valence-electron chi connectivity index (χ3n) is 5.68. The zero-order chi connectivity index (χ0) is 23.1. The molecule has 1 fully saturated rings. The number of aliphatic carboxylic acids is 1. The van der Waals surface area contributed by atoms with Gasteiger partial charge in [0.1, 0.15) is 11.4 Å². The van der Waals surface area contributed by atoms with Crippen LogP contribution in [0.15, 0.2) is 54.6 Å². The van der Waals surface area contributed by atoms with Gasteiger partial charge in [-0.15, -0.1) is 0 Å². The van der Waals surface area contributed by atoms with E-state index in [9.17, 15) is 9.59 Å². The molecule has 0 aromatic heterocycles. The Labute approximate surface area is 190 Å². The van der Waals surface area contributed by atoms with E-state index in [1.54, 1.807) is 0 Å². The van der Waals surface area contributed by atoms with E-state index in [1.165, 1.54) is 5.56 Å². The number of carboxylic acid groups (broad SMARTS) is 1. The number of hydrogen-bond acceptors (Lipinski definition) is 4. The van der Waals surface area contributed by atoms with E-state index < -0.39 is 11.6 Å². The lowest BCUT2D eigenvalue weighted by Crippen LogP contribution is -2.44. The predicted molar refractivity (Wildman–Crippen MR) is 123 cm³/mol. The van der Waals surface area contributed by atoms with Crippen molar-refractivity contribution in [2.45, 2.75) is 70.6 Å². The highest BCUT2D eigenvalue weighted by molar-refractivity contribution is 5.69. The van der Waals surface area contributed by atoms with Crippen LogP contribution in [0.25, 0.3) is 0 Å². The summed E-state index contributed by atoms with van der Waals surface area (Å²) in [6.45, 7) is 5.89. The summed E-state index contributed by atoms with van der Waals surface area (Å²) in [6, 6.07) is 17.8. The standard InChI is InChI=1S/C26H33NO5/c1-26(2,3)32-25(30)27(17-19-7-5-4-6-8-19)22-13-9-20(10-14-22)21-11-15-23(16-12-21)31-18-24(28)29/h4-8,11-12,15-16,20,22H,9-10,13-14,17-18H2,1-3H3,(H,28,29). The Morgan fingerprint density at radius 2 is 1.59 bits per heavy atom. The molecule has 0 atom stereocenters. The summed E-state index contributed by atoms with van der Waals surface area (Å²) >= 11 is 0. The zero-order valence-electron chi connectivity index (χ0n) is 19.1. The molecule has 0 radical (unpaired) electrons. The maximum atomic E-state index is 13.0. The molecule has 0 heterocycles. The summed E-state index contributed by atoms with van der Waals surface area (Å²) in [6.07, 6.45) is 3.52. The Balaban J connectivity index is 1.63. The quantitative estimate of drug-likeness (QED) is 0.606. The van der Waals surface area contributed by atoms with Gasteiger partial charge in [0.25, 0.3) is 0 Å². The van der Waals surface area contributed by atoms with Crippen LogP contribution < -0.4 is 4.74 Å². The molecule has 1 saturated carbocycles. The van der Waals surface area contributed by atoms with E-state index in [2.05, 4.69) is 0 Å². The number of ether oxygens (including phenoxy) is 2. The van der Waals surface area contributed by atoms with Crippen LogP contribution in [-0.4, -0.2) is 40.3 Å². The smallest absolute Gasteiger partial charge is 0.410 e. The summed E-state index contributed by atoms with van der Waals surface area (Å²) in [4.78, 5) is 25.5. The van der Waals surface area contributed by atoms with Gasteiger partial charge >= 0.3 is 12.1 Å². The number of carbonyl (C=O) groups is 2. The predicted octanol–water partition coefficient (Wildman–Crippen LogP) is 5.61. The van der Waals surface area contributed by atoms with Crippen molar-refractivity contribution in [3.8, 4) is 5.75 Å². The van der Waals surface area contributed by atoms with Gasteiger partial charge in [-0.3, -0.25) is 0 Å². The fourth-order valence-corrected chi connectivity index (χ4v) is 4.15. The van der Waals surface area contributed by atoms with Crippen LogP contribution in [0.1, 0.15) is 63.5 Å². The highest BCUT2D eigenvalue weighted by atomic mass is 16.6. The SMILES string of the molecule is CC(C)(C)OC(=O)N(Cc1ccccc1)C1CCC(c2ccc(OCC(=O)O)cc2)CC1. The first kappa shape index (κ1) is 23.6. The van der Waals surface area contributed by atoms with Crippen molar-refractivity contribution < 1.29 is 24.2 Å². The molecule has 1 aliphatic carbocycles. The van der Waals surface area contributed by atoms with Crippen LogP contribution >= 0.6 is 0 Å². The molecule has 0 aliphatic heterocycles. The van der Waals surface area contributed by atoms with Crippen LogP contribution in [-0.2, 0) is 16.1 Å². The second kappa shape index (κ2) is 10.5. The van der Waals surface area contributed by atoms with Crippen molar-refractivity contribution in [2.24, 2.45) is 0 Å². The van der Waals surface area contributed by atoms with Crippen LogP contribution in [0.3, 0.4) is 0 Å². The summed E-state index contributed by atoms with van der Waals surface area (Å²) in [7, 11) is 0. The molecule has 0 spiro atoms. The molecule has 1 aliphatic rings. The fraction of sp³-hybridized carbons (Fsp3) is 0.462. The molecule has 1 N–H and O–H groups in total. The minimum absolute atomic E-state index is 0.138. The van der Waals surface area contributed by atoms with Crippen molar-refractivity contribution in [1.82, 2.24) is 4.90 Å². The van der Waals surface area contributed by atoms with Gasteiger partial charge in [-0.25, -0.2) is 9.59 Å². The van der Waals surface area contributed by atoms with Gasteiger partial charge in [0.05, 0.1) is 0 Å². The second-order valence-electron chi connectivity index (χ2n) is 9.35. The molecule has 2 aromatic carbocycles. The number of hydrogen-bond donors (Lipinski definition) is 1. The molecule has 6 nitrogen and oxygen atoms in total. The Kier molecular flexibility index (Phi) is 7.78. The Hall–Kier alpha value is -3.02. The number of rotatable bonds is 7. The number of benzene rings is 2. The topological polar surface area (TPSA) is 76.1 Å². The van der Waals surface area contributed by atoms with Crippen LogP contribution in [0.5, 0.6) is 5.75 Å². The lowest BCUT2D eigenvalue weighted by Gasteiger charge is -2.38. The van der Waals surface area contributed by atoms with Crippen molar-refractivity contribution in [3.63, 3.8) is 0 Å². The maximum Gasteiger partial charge on any atom is 0.410 e. The number of carboxylic acids is 1. The Morgan fingerprint density at radius 3 is 2.16 bits per heavy atom. The summed E-state index contributed by atoms with van der Waals surface area (Å²) in [5, 5.41) is 8.74. The van der Waals surface area contributed by atoms with E-state index in [4.69, 9.17) is 14.6 Å². The molecular formula is C26H33NO5. The second-order valence-corrected chi connectivity index (χ2v) is 9.35. The van der Waals surface area contributed by atoms with Gasteiger partial charge < -0.3 is 19.5 Å². The molecule has 6 heteroatoms. The first-order valence-corrected chi connectivity index (χ1v) is 11.2. The van der Waals surface area contributed by atoms with E-state index in [0.717, 1.165) is 31.2 Å². The monoisotopic (exact) mass is 439 g/mol. The van der Waals surface area contributed by atoms with Crippen LogP contribution in [0, 0.1) is 0 Å². The van der Waals surface area contributed by atoms with E-state index in [1.807, 2.05) is 80.3 Å². The fourth-order valence-electron chi connectivity index (χ4n) is 4.15.